The van der Waals surface area contributed by atoms with Crippen molar-refractivity contribution in [2.24, 2.45) is 0 Å². The van der Waals surface area contributed by atoms with E-state index < -0.39 is 0 Å². The van der Waals surface area contributed by atoms with Crippen LogP contribution in [0.1, 0.15) is 38.2 Å². The van der Waals surface area contributed by atoms with Crippen molar-refractivity contribution in [1.82, 2.24) is 4.90 Å². The Kier molecular flexibility index (Phi) is 3.57. The van der Waals surface area contributed by atoms with E-state index in [9.17, 15) is 10.2 Å². The Balaban J connectivity index is 2.13. The molecule has 1 heterocycles. The van der Waals surface area contributed by atoms with Crippen LogP contribution in [0.5, 0.6) is 11.5 Å². The van der Waals surface area contributed by atoms with Crippen LogP contribution >= 0.6 is 0 Å². The first-order valence-corrected chi connectivity index (χ1v) is 6.34. The summed E-state index contributed by atoms with van der Waals surface area (Å²) in [4.78, 5) is 2.47. The third kappa shape index (κ3) is 2.72. The van der Waals surface area contributed by atoms with Crippen molar-refractivity contribution in [1.29, 1.82) is 0 Å². The van der Waals surface area contributed by atoms with Gasteiger partial charge in [0.2, 0.25) is 0 Å². The van der Waals surface area contributed by atoms with Crippen LogP contribution in [-0.4, -0.2) is 34.2 Å². The van der Waals surface area contributed by atoms with Crippen LogP contribution in [-0.2, 0) is 0 Å². The summed E-state index contributed by atoms with van der Waals surface area (Å²) in [6.07, 6.45) is 2.36. The molecule has 0 amide bonds. The van der Waals surface area contributed by atoms with Crippen LogP contribution in [0, 0.1) is 0 Å². The summed E-state index contributed by atoms with van der Waals surface area (Å²) in [5.41, 5.74) is 1.13. The van der Waals surface area contributed by atoms with E-state index in [0.29, 0.717) is 12.0 Å². The molecule has 2 N–H and O–H groups in total. The van der Waals surface area contributed by atoms with Gasteiger partial charge in [0, 0.05) is 12.6 Å². The minimum absolute atomic E-state index is 0.0100. The van der Waals surface area contributed by atoms with Gasteiger partial charge in [0.15, 0.2) is 11.5 Å². The lowest BCUT2D eigenvalue weighted by atomic mass is 9.90. The van der Waals surface area contributed by atoms with Gasteiger partial charge in [-0.05, 0) is 56.8 Å². The van der Waals surface area contributed by atoms with Gasteiger partial charge >= 0.3 is 0 Å². The molecule has 0 aliphatic carbocycles. The highest BCUT2D eigenvalue weighted by Crippen LogP contribution is 2.33. The van der Waals surface area contributed by atoms with E-state index >= 15 is 0 Å². The Labute approximate surface area is 103 Å². The highest BCUT2D eigenvalue weighted by atomic mass is 16.3. The molecule has 0 bridgehead atoms. The quantitative estimate of drug-likeness (QED) is 0.775. The van der Waals surface area contributed by atoms with Gasteiger partial charge < -0.3 is 15.1 Å². The number of phenols is 2. The second kappa shape index (κ2) is 4.96. The third-order valence-electron chi connectivity index (χ3n) is 3.65. The summed E-state index contributed by atoms with van der Waals surface area (Å²) in [7, 11) is 0. The maximum absolute atomic E-state index is 9.54. The number of aromatic hydroxyl groups is 2. The molecule has 1 unspecified atom stereocenters. The van der Waals surface area contributed by atoms with E-state index in [4.69, 9.17) is 0 Å². The van der Waals surface area contributed by atoms with E-state index in [-0.39, 0.29) is 11.5 Å². The zero-order valence-corrected chi connectivity index (χ0v) is 10.6. The van der Waals surface area contributed by atoms with E-state index in [2.05, 4.69) is 18.7 Å². The third-order valence-corrected chi connectivity index (χ3v) is 3.65. The molecule has 0 aromatic heterocycles. The van der Waals surface area contributed by atoms with E-state index in [0.717, 1.165) is 25.1 Å². The first-order valence-electron chi connectivity index (χ1n) is 6.34. The molecule has 1 aliphatic heterocycles. The summed E-state index contributed by atoms with van der Waals surface area (Å²) in [6.45, 7) is 6.65. The van der Waals surface area contributed by atoms with Crippen LogP contribution in [0.25, 0.3) is 0 Å². The zero-order valence-electron chi connectivity index (χ0n) is 10.6. The van der Waals surface area contributed by atoms with Crippen molar-refractivity contribution in [3.8, 4) is 11.5 Å². The first-order chi connectivity index (χ1) is 8.08. The zero-order chi connectivity index (χ0) is 12.4. The molecule has 3 heteroatoms. The fourth-order valence-electron chi connectivity index (χ4n) is 2.54. The maximum atomic E-state index is 9.54. The lowest BCUT2D eigenvalue weighted by Gasteiger charge is -2.35. The molecule has 1 aromatic carbocycles. The van der Waals surface area contributed by atoms with Gasteiger partial charge in [-0.1, -0.05) is 6.07 Å². The number of hydrogen-bond acceptors (Lipinski definition) is 3. The fourth-order valence-corrected chi connectivity index (χ4v) is 2.54. The summed E-state index contributed by atoms with van der Waals surface area (Å²) >= 11 is 0. The molecule has 1 aliphatic rings. The number of likely N-dealkylation sites (tertiary alicyclic amines) is 1. The molecule has 1 saturated heterocycles. The molecule has 0 radical (unpaired) electrons. The van der Waals surface area contributed by atoms with Gasteiger partial charge in [0.1, 0.15) is 0 Å². The van der Waals surface area contributed by atoms with Crippen molar-refractivity contribution >= 4 is 0 Å². The number of rotatable bonds is 2. The van der Waals surface area contributed by atoms with Gasteiger partial charge in [-0.3, -0.25) is 0 Å². The van der Waals surface area contributed by atoms with Crippen LogP contribution in [0.3, 0.4) is 0 Å². The van der Waals surface area contributed by atoms with Crippen molar-refractivity contribution in [3.05, 3.63) is 23.8 Å². The normalized spacial score (nSPS) is 21.9. The lowest BCUT2D eigenvalue weighted by molar-refractivity contribution is 0.167. The van der Waals surface area contributed by atoms with Crippen molar-refractivity contribution < 1.29 is 10.2 Å². The molecule has 3 nitrogen and oxygen atoms in total. The average Bonchev–Trinajstić information content (AvgIpc) is 2.33. The van der Waals surface area contributed by atoms with Crippen molar-refractivity contribution in [2.75, 3.05) is 13.1 Å². The number of nitrogens with zero attached hydrogens (tertiary/aromatic N) is 1. The topological polar surface area (TPSA) is 43.7 Å². The van der Waals surface area contributed by atoms with E-state index in [1.54, 1.807) is 12.1 Å². The molecule has 94 valence electrons. The molecule has 2 rings (SSSR count). The lowest BCUT2D eigenvalue weighted by Crippen LogP contribution is -2.39. The van der Waals surface area contributed by atoms with Gasteiger partial charge in [0.25, 0.3) is 0 Å². The predicted molar refractivity (Wildman–Crippen MR) is 68.5 cm³/mol. The van der Waals surface area contributed by atoms with Crippen molar-refractivity contribution in [3.63, 3.8) is 0 Å². The minimum atomic E-state index is -0.0368. The second-order valence-corrected chi connectivity index (χ2v) is 5.18. The van der Waals surface area contributed by atoms with Gasteiger partial charge in [-0.2, -0.15) is 0 Å². The second-order valence-electron chi connectivity index (χ2n) is 5.18. The Morgan fingerprint density at radius 1 is 1.24 bits per heavy atom. The van der Waals surface area contributed by atoms with Crippen LogP contribution in [0.4, 0.5) is 0 Å². The smallest absolute Gasteiger partial charge is 0.157 e. The summed E-state index contributed by atoms with van der Waals surface area (Å²) in [5.74, 6) is 0.423. The Morgan fingerprint density at radius 3 is 2.65 bits per heavy atom. The number of phenolic OH excluding ortho intramolecular Hbond substituents is 2. The Morgan fingerprint density at radius 2 is 2.00 bits per heavy atom. The highest BCUT2D eigenvalue weighted by molar-refractivity contribution is 5.41. The first kappa shape index (κ1) is 12.2. The summed E-state index contributed by atoms with van der Waals surface area (Å²) < 4.78 is 0. The summed E-state index contributed by atoms with van der Waals surface area (Å²) in [6, 6.07) is 5.77. The molecule has 1 fully saturated rings. The fraction of sp³-hybridized carbons (Fsp3) is 0.571. The average molecular weight is 235 g/mol. The van der Waals surface area contributed by atoms with E-state index in [1.807, 2.05) is 6.07 Å². The molecular formula is C14H21NO2. The number of hydrogen-bond donors (Lipinski definition) is 2. The largest absolute Gasteiger partial charge is 0.504 e. The van der Waals surface area contributed by atoms with Crippen LogP contribution in [0.15, 0.2) is 18.2 Å². The highest BCUT2D eigenvalue weighted by Gasteiger charge is 2.23. The minimum Gasteiger partial charge on any atom is -0.504 e. The van der Waals surface area contributed by atoms with Crippen LogP contribution < -0.4 is 0 Å². The molecule has 0 saturated carbocycles. The number of piperidine rings is 1. The van der Waals surface area contributed by atoms with Crippen molar-refractivity contribution in [2.45, 2.75) is 38.6 Å². The molecule has 17 heavy (non-hydrogen) atoms. The van der Waals surface area contributed by atoms with Gasteiger partial charge in [0.05, 0.1) is 0 Å². The monoisotopic (exact) mass is 235 g/mol. The Hall–Kier alpha value is -1.22. The molecule has 1 atom stereocenters. The molecular weight excluding hydrogens is 214 g/mol. The SMILES string of the molecule is CC(C)N1CCCC(c2ccc(O)c(O)c2)C1. The predicted octanol–water partition coefficient (Wildman–Crippen LogP) is 2.69. The van der Waals surface area contributed by atoms with Gasteiger partial charge in [-0.25, -0.2) is 0 Å². The molecule has 0 spiro atoms. The Bertz CT molecular complexity index is 390. The maximum Gasteiger partial charge on any atom is 0.157 e. The standard InChI is InChI=1S/C14H21NO2/c1-10(2)15-7-3-4-12(9-15)11-5-6-13(16)14(17)8-11/h5-6,8,10,12,16-17H,3-4,7,9H2,1-2H3. The number of benzene rings is 1. The van der Waals surface area contributed by atoms with E-state index in [1.165, 1.54) is 6.42 Å². The molecule has 1 aromatic rings. The van der Waals surface area contributed by atoms with Gasteiger partial charge in [-0.15, -0.1) is 0 Å². The van der Waals surface area contributed by atoms with Crippen LogP contribution in [0.2, 0.25) is 0 Å². The summed E-state index contributed by atoms with van der Waals surface area (Å²) in [5, 5.41) is 18.9.